The van der Waals surface area contributed by atoms with Crippen molar-refractivity contribution in [1.82, 2.24) is 0 Å². The molecule has 0 aliphatic rings. The number of benzene rings is 1. The van der Waals surface area contributed by atoms with E-state index in [4.69, 9.17) is 3.07 Å². The van der Waals surface area contributed by atoms with Gasteiger partial charge in [0.1, 0.15) is 0 Å². The molecule has 1 rings (SSSR count). The van der Waals surface area contributed by atoms with E-state index in [1.54, 1.807) is 19.1 Å². The van der Waals surface area contributed by atoms with E-state index in [1.165, 1.54) is 6.92 Å². The molecular weight excluding hydrogens is 387 g/mol. The van der Waals surface area contributed by atoms with Crippen LogP contribution in [-0.2, 0) is 7.86 Å². The maximum absolute atomic E-state index is 11.9. The molecule has 0 bridgehead atoms. The summed E-state index contributed by atoms with van der Waals surface area (Å²) in [5, 5.41) is 0. The van der Waals surface area contributed by atoms with Crippen molar-refractivity contribution in [2.45, 2.75) is 17.8 Å². The Hall–Kier alpha value is -0.430. The van der Waals surface area contributed by atoms with Crippen LogP contribution in [0.3, 0.4) is 0 Å². The summed E-state index contributed by atoms with van der Waals surface area (Å²) in [5.41, 5.74) is 0.655. The zero-order chi connectivity index (χ0) is 12.1. The molecule has 16 heavy (non-hydrogen) atoms. The normalized spacial score (nSPS) is 12.2. The molecule has 5 heteroatoms. The fourth-order valence-electron chi connectivity index (χ4n) is 1.01. The molecule has 1 atom stereocenters. The number of carbonyl (C=O) groups is 2. The first kappa shape index (κ1) is 13.6. The van der Waals surface area contributed by atoms with Gasteiger partial charge in [-0.25, -0.2) is 0 Å². The zero-order valence-electron chi connectivity index (χ0n) is 8.87. The molecule has 1 unspecified atom stereocenters. The number of alkyl halides is 1. The Kier molecular flexibility index (Phi) is 5.40. The summed E-state index contributed by atoms with van der Waals surface area (Å²) in [4.78, 5) is 22.5. The fourth-order valence-corrected chi connectivity index (χ4v) is 2.61. The Morgan fingerprint density at radius 3 is 2.38 bits per heavy atom. The third-order valence-electron chi connectivity index (χ3n) is 1.78. The molecule has 0 fully saturated rings. The molecule has 3 nitrogen and oxygen atoms in total. The second kappa shape index (κ2) is 6.34. The molecule has 0 aliphatic carbocycles. The van der Waals surface area contributed by atoms with Gasteiger partial charge in [-0.05, 0) is 0 Å². The molecule has 0 radical (unpaired) electrons. The second-order valence-electron chi connectivity index (χ2n) is 3.14. The predicted octanol–water partition coefficient (Wildman–Crippen LogP) is -0.413. The minimum absolute atomic E-state index is 0.0292. The number of hydrogen-bond acceptors (Lipinski definition) is 3. The Labute approximate surface area is 113 Å². The van der Waals surface area contributed by atoms with Crippen LogP contribution in [0.5, 0.6) is 0 Å². The monoisotopic (exact) mass is 397 g/mol. The van der Waals surface area contributed by atoms with Gasteiger partial charge in [-0.1, -0.05) is 0 Å². The summed E-state index contributed by atoms with van der Waals surface area (Å²) in [7, 11) is 0. The van der Waals surface area contributed by atoms with Gasteiger partial charge in [0.2, 0.25) is 0 Å². The summed E-state index contributed by atoms with van der Waals surface area (Å²) in [6.45, 7) is 3.15. The summed E-state index contributed by atoms with van der Waals surface area (Å²) in [6.07, 6.45) is 0. The number of halogens is 2. The number of Topliss-reactive ketones (excluding diaryl/α,β-unsaturated/α-hetero) is 1. The molecule has 0 N–H and O–H groups in total. The van der Waals surface area contributed by atoms with E-state index in [1.807, 2.05) is 12.1 Å². The van der Waals surface area contributed by atoms with Crippen molar-refractivity contribution < 1.29 is 34.3 Å². The molecule has 0 heterocycles. The summed E-state index contributed by atoms with van der Waals surface area (Å²) >= 11 is 2.44. The van der Waals surface area contributed by atoms with Gasteiger partial charge >= 0.3 is 114 Å². The van der Waals surface area contributed by atoms with E-state index in [0.717, 1.165) is 4.47 Å². The Bertz CT molecular complexity index is 389. The van der Waals surface area contributed by atoms with Crippen LogP contribution in [0.4, 0.5) is 0 Å². The molecule has 0 saturated carbocycles. The zero-order valence-corrected chi connectivity index (χ0v) is 12.6. The van der Waals surface area contributed by atoms with Gasteiger partial charge in [-0.15, -0.1) is 0 Å². The Morgan fingerprint density at radius 2 is 1.88 bits per heavy atom. The number of ketones is 1. The third-order valence-corrected chi connectivity index (χ3v) is 4.51. The molecule has 1 aromatic rings. The molecule has 0 aromatic heterocycles. The molecule has 0 amide bonds. The van der Waals surface area contributed by atoms with Gasteiger partial charge in [-0.2, -0.15) is 0 Å². The van der Waals surface area contributed by atoms with Gasteiger partial charge < -0.3 is 0 Å². The fraction of sp³-hybridized carbons (Fsp3) is 0.273. The summed E-state index contributed by atoms with van der Waals surface area (Å²) in [5.74, 6) is -0.287. The van der Waals surface area contributed by atoms with Crippen molar-refractivity contribution in [3.8, 4) is 0 Å². The number of hydrogen-bond donors (Lipinski definition) is 0. The quantitative estimate of drug-likeness (QED) is 0.394. The van der Waals surface area contributed by atoms with Crippen molar-refractivity contribution >= 4 is 27.7 Å². The number of carbonyl (C=O) groups excluding carboxylic acids is 2. The average Bonchev–Trinajstić information content (AvgIpc) is 2.26. The maximum atomic E-state index is 11.9. The Morgan fingerprint density at radius 1 is 1.31 bits per heavy atom. The molecular formula is C11H11BrIO3-. The van der Waals surface area contributed by atoms with E-state index >= 15 is 0 Å². The first-order valence-electron chi connectivity index (χ1n) is 4.61. The van der Waals surface area contributed by atoms with Crippen LogP contribution in [-0.4, -0.2) is 15.7 Å². The van der Waals surface area contributed by atoms with Gasteiger partial charge in [0.25, 0.3) is 0 Å². The average molecular weight is 398 g/mol. The van der Waals surface area contributed by atoms with Crippen LogP contribution in [0, 0.1) is 0 Å². The summed E-state index contributed by atoms with van der Waals surface area (Å²) < 4.78 is 5.64. The van der Waals surface area contributed by atoms with E-state index in [-0.39, 0.29) is 15.7 Å². The summed E-state index contributed by atoms with van der Waals surface area (Å²) in [6, 6.07) is 7.18. The van der Waals surface area contributed by atoms with E-state index < -0.39 is 21.6 Å². The molecule has 0 spiro atoms. The number of rotatable bonds is 4. The van der Waals surface area contributed by atoms with Crippen LogP contribution in [0.15, 0.2) is 28.7 Å². The van der Waals surface area contributed by atoms with E-state index in [9.17, 15) is 9.59 Å². The first-order valence-corrected chi connectivity index (χ1v) is 7.53. The predicted molar refractivity (Wildman–Crippen MR) is 59.7 cm³/mol. The van der Waals surface area contributed by atoms with Crippen molar-refractivity contribution in [3.63, 3.8) is 0 Å². The van der Waals surface area contributed by atoms with Crippen molar-refractivity contribution in [2.75, 3.05) is 0 Å². The van der Waals surface area contributed by atoms with Crippen molar-refractivity contribution in [3.05, 3.63) is 34.3 Å². The van der Waals surface area contributed by atoms with Crippen LogP contribution in [0.25, 0.3) is 0 Å². The van der Waals surface area contributed by atoms with Gasteiger partial charge in [0.05, 0.1) is 0 Å². The van der Waals surface area contributed by atoms with E-state index in [0.29, 0.717) is 5.56 Å². The minimum atomic E-state index is -0.863. The van der Waals surface area contributed by atoms with Gasteiger partial charge in [-0.3, -0.25) is 0 Å². The van der Waals surface area contributed by atoms with Gasteiger partial charge in [0, 0.05) is 0 Å². The van der Waals surface area contributed by atoms with Gasteiger partial charge in [0.15, 0.2) is 0 Å². The molecule has 0 saturated heterocycles. The van der Waals surface area contributed by atoms with Crippen LogP contribution >= 0.6 is 15.9 Å². The van der Waals surface area contributed by atoms with E-state index in [2.05, 4.69) is 15.9 Å². The van der Waals surface area contributed by atoms with Crippen molar-refractivity contribution in [2.24, 2.45) is 0 Å². The van der Waals surface area contributed by atoms with Crippen LogP contribution in [0.2, 0.25) is 0 Å². The van der Waals surface area contributed by atoms with Crippen LogP contribution < -0.4 is 21.6 Å². The standard InChI is InChI=1S/C11H11BrIO3/c1-7(13-16-8(2)14)11(15)9-3-5-10(12)6-4-9/h3-7H,1-2H3/q-1. The molecule has 1 aromatic carbocycles. The molecule has 0 aliphatic heterocycles. The van der Waals surface area contributed by atoms with Crippen LogP contribution in [0.1, 0.15) is 24.2 Å². The SMILES string of the molecule is CC(=O)O[I-]C(C)C(=O)c1ccc(Br)cc1. The topological polar surface area (TPSA) is 43.4 Å². The second-order valence-corrected chi connectivity index (χ2v) is 6.88. The molecule has 88 valence electrons. The first-order chi connectivity index (χ1) is 7.50. The van der Waals surface area contributed by atoms with Crippen molar-refractivity contribution in [1.29, 1.82) is 0 Å². The Balaban J connectivity index is 2.63. The third kappa shape index (κ3) is 4.21.